The third kappa shape index (κ3) is 1.74. The van der Waals surface area contributed by atoms with Crippen molar-refractivity contribution >= 4 is 26.8 Å². The summed E-state index contributed by atoms with van der Waals surface area (Å²) in [5.74, 6) is 0. The van der Waals surface area contributed by atoms with Crippen molar-refractivity contribution in [3.8, 4) is 0 Å². The molecule has 0 N–H and O–H groups in total. The predicted molar refractivity (Wildman–Crippen MR) is 69.2 cm³/mol. The van der Waals surface area contributed by atoms with Gasteiger partial charge >= 0.3 is 0 Å². The lowest BCUT2D eigenvalue weighted by Gasteiger charge is -2.04. The monoisotopic (exact) mass is 263 g/mol. The van der Waals surface area contributed by atoms with Gasteiger partial charge in [0.2, 0.25) is 0 Å². The Morgan fingerprint density at radius 3 is 2.87 bits per heavy atom. The van der Waals surface area contributed by atoms with Gasteiger partial charge in [-0.25, -0.2) is 0 Å². The van der Waals surface area contributed by atoms with Gasteiger partial charge in [-0.3, -0.25) is 0 Å². The Balaban J connectivity index is 2.61. The summed E-state index contributed by atoms with van der Waals surface area (Å²) >= 11 is 3.65. The van der Waals surface area contributed by atoms with Crippen LogP contribution in [-0.2, 0) is 6.54 Å². The van der Waals surface area contributed by atoms with Gasteiger partial charge in [-0.15, -0.1) is 6.58 Å². The fraction of sp³-hybridized carbons (Fsp3) is 0.231. The molecule has 15 heavy (non-hydrogen) atoms. The molecule has 78 valence electrons. The molecule has 0 aliphatic heterocycles. The molecule has 0 aliphatic rings. The van der Waals surface area contributed by atoms with Gasteiger partial charge in [0.15, 0.2) is 0 Å². The molecule has 1 aromatic carbocycles. The van der Waals surface area contributed by atoms with Crippen LogP contribution in [0.4, 0.5) is 0 Å². The zero-order valence-corrected chi connectivity index (χ0v) is 10.4. The first kappa shape index (κ1) is 10.5. The maximum Gasteiger partial charge on any atom is 0.0887 e. The third-order valence-corrected chi connectivity index (χ3v) is 3.72. The maximum absolute atomic E-state index is 3.76. The number of aromatic nitrogens is 1. The minimum Gasteiger partial charge on any atom is -0.335 e. The van der Waals surface area contributed by atoms with Gasteiger partial charge in [0.1, 0.15) is 0 Å². The number of nitrogens with zero attached hydrogens (tertiary/aromatic N) is 1. The second-order valence-electron chi connectivity index (χ2n) is 3.66. The Hall–Kier alpha value is -1.02. The van der Waals surface area contributed by atoms with E-state index in [0.717, 1.165) is 13.0 Å². The molecular formula is C13H14BrN. The highest BCUT2D eigenvalue weighted by Gasteiger charge is 2.09. The molecule has 0 saturated heterocycles. The van der Waals surface area contributed by atoms with Crippen molar-refractivity contribution in [2.24, 2.45) is 0 Å². The largest absolute Gasteiger partial charge is 0.335 e. The molecule has 2 aromatic rings. The lowest BCUT2D eigenvalue weighted by molar-refractivity contribution is 0.722. The topological polar surface area (TPSA) is 4.93 Å². The van der Waals surface area contributed by atoms with Crippen LogP contribution in [0.3, 0.4) is 0 Å². The lowest BCUT2D eigenvalue weighted by atomic mass is 10.2. The molecule has 0 amide bonds. The van der Waals surface area contributed by atoms with Gasteiger partial charge in [-0.2, -0.15) is 0 Å². The Morgan fingerprint density at radius 2 is 2.13 bits per heavy atom. The number of aryl methyl sites for hydroxylation is 2. The number of halogens is 1. The van der Waals surface area contributed by atoms with Gasteiger partial charge in [-0.1, -0.05) is 24.3 Å². The second kappa shape index (κ2) is 4.23. The van der Waals surface area contributed by atoms with Crippen molar-refractivity contribution in [3.05, 3.63) is 47.1 Å². The van der Waals surface area contributed by atoms with E-state index in [4.69, 9.17) is 0 Å². The molecule has 1 heterocycles. The number of para-hydroxylation sites is 1. The molecule has 0 aliphatic carbocycles. The molecule has 0 atom stereocenters. The molecule has 0 fully saturated rings. The first-order valence-corrected chi connectivity index (χ1v) is 5.89. The highest BCUT2D eigenvalue weighted by atomic mass is 79.9. The van der Waals surface area contributed by atoms with Gasteiger partial charge in [0.05, 0.1) is 4.60 Å². The van der Waals surface area contributed by atoms with Crippen LogP contribution >= 0.6 is 15.9 Å². The van der Waals surface area contributed by atoms with Crippen LogP contribution in [0.25, 0.3) is 10.9 Å². The Morgan fingerprint density at radius 1 is 1.40 bits per heavy atom. The van der Waals surface area contributed by atoms with Crippen LogP contribution in [0, 0.1) is 6.92 Å². The molecule has 0 unspecified atom stereocenters. The molecule has 0 saturated carbocycles. The molecule has 2 heteroatoms. The Kier molecular flexibility index (Phi) is 2.96. The fourth-order valence-electron chi connectivity index (χ4n) is 1.88. The standard InChI is InChI=1S/C13H14BrN/c1-3-4-9-15-12-8-6-5-7-11(12)10(2)13(15)14/h3,5-8H,1,4,9H2,2H3. The molecule has 1 nitrogen and oxygen atoms in total. The molecule has 0 spiro atoms. The van der Waals surface area contributed by atoms with E-state index in [0.29, 0.717) is 0 Å². The quantitative estimate of drug-likeness (QED) is 0.729. The molecular weight excluding hydrogens is 250 g/mol. The van der Waals surface area contributed by atoms with Crippen molar-refractivity contribution in [2.45, 2.75) is 19.9 Å². The van der Waals surface area contributed by atoms with E-state index in [1.54, 1.807) is 0 Å². The summed E-state index contributed by atoms with van der Waals surface area (Å²) in [6.45, 7) is 6.90. The van der Waals surface area contributed by atoms with Crippen LogP contribution in [0.2, 0.25) is 0 Å². The van der Waals surface area contributed by atoms with E-state index < -0.39 is 0 Å². The number of fused-ring (bicyclic) bond motifs is 1. The molecule has 0 radical (unpaired) electrons. The van der Waals surface area contributed by atoms with Gasteiger partial charge < -0.3 is 4.57 Å². The molecule has 1 aromatic heterocycles. The normalized spacial score (nSPS) is 10.8. The highest BCUT2D eigenvalue weighted by Crippen LogP contribution is 2.29. The minimum atomic E-state index is 0.985. The van der Waals surface area contributed by atoms with Crippen molar-refractivity contribution in [3.63, 3.8) is 0 Å². The molecule has 2 rings (SSSR count). The zero-order chi connectivity index (χ0) is 10.8. The summed E-state index contributed by atoms with van der Waals surface area (Å²) in [6, 6.07) is 8.49. The Bertz CT molecular complexity index is 496. The minimum absolute atomic E-state index is 0.985. The van der Waals surface area contributed by atoms with Crippen molar-refractivity contribution in [2.75, 3.05) is 0 Å². The summed E-state index contributed by atoms with van der Waals surface area (Å²) in [5.41, 5.74) is 2.61. The SMILES string of the molecule is C=CCCn1c(Br)c(C)c2ccccc21. The van der Waals surface area contributed by atoms with Crippen LogP contribution in [-0.4, -0.2) is 4.57 Å². The summed E-state index contributed by atoms with van der Waals surface area (Å²) in [5, 5.41) is 1.33. The van der Waals surface area contributed by atoms with Gasteiger partial charge in [0, 0.05) is 17.4 Å². The van der Waals surface area contributed by atoms with Gasteiger partial charge in [-0.05, 0) is 40.9 Å². The summed E-state index contributed by atoms with van der Waals surface area (Å²) in [4.78, 5) is 0. The van der Waals surface area contributed by atoms with E-state index in [-0.39, 0.29) is 0 Å². The van der Waals surface area contributed by atoms with E-state index in [1.165, 1.54) is 21.1 Å². The van der Waals surface area contributed by atoms with E-state index in [9.17, 15) is 0 Å². The second-order valence-corrected chi connectivity index (χ2v) is 4.41. The number of benzene rings is 1. The van der Waals surface area contributed by atoms with E-state index in [1.807, 2.05) is 6.08 Å². The van der Waals surface area contributed by atoms with Gasteiger partial charge in [0.25, 0.3) is 0 Å². The van der Waals surface area contributed by atoms with Crippen LogP contribution in [0.5, 0.6) is 0 Å². The average molecular weight is 264 g/mol. The summed E-state index contributed by atoms with van der Waals surface area (Å²) in [7, 11) is 0. The number of rotatable bonds is 3. The summed E-state index contributed by atoms with van der Waals surface area (Å²) in [6.07, 6.45) is 2.95. The van der Waals surface area contributed by atoms with Crippen molar-refractivity contribution in [1.82, 2.24) is 4.57 Å². The van der Waals surface area contributed by atoms with Crippen molar-refractivity contribution in [1.29, 1.82) is 0 Å². The van der Waals surface area contributed by atoms with E-state index >= 15 is 0 Å². The third-order valence-electron chi connectivity index (χ3n) is 2.70. The van der Waals surface area contributed by atoms with Crippen LogP contribution < -0.4 is 0 Å². The van der Waals surface area contributed by atoms with Crippen LogP contribution in [0.1, 0.15) is 12.0 Å². The maximum atomic E-state index is 3.76. The predicted octanol–water partition coefficient (Wildman–Crippen LogP) is 4.29. The first-order valence-electron chi connectivity index (χ1n) is 5.10. The highest BCUT2D eigenvalue weighted by molar-refractivity contribution is 9.10. The van der Waals surface area contributed by atoms with Crippen molar-refractivity contribution < 1.29 is 0 Å². The number of hydrogen-bond donors (Lipinski definition) is 0. The Labute approximate surface area is 98.5 Å². The first-order chi connectivity index (χ1) is 7.25. The molecule has 0 bridgehead atoms. The number of allylic oxidation sites excluding steroid dienone is 1. The fourth-order valence-corrected chi connectivity index (χ4v) is 2.47. The van der Waals surface area contributed by atoms with E-state index in [2.05, 4.69) is 58.3 Å². The number of hydrogen-bond acceptors (Lipinski definition) is 0. The van der Waals surface area contributed by atoms with Crippen LogP contribution in [0.15, 0.2) is 41.5 Å². The average Bonchev–Trinajstić information content (AvgIpc) is 2.51. The zero-order valence-electron chi connectivity index (χ0n) is 8.83. The lowest BCUT2D eigenvalue weighted by Crippen LogP contribution is -1.96. The smallest absolute Gasteiger partial charge is 0.0887 e. The summed E-state index contributed by atoms with van der Waals surface area (Å²) < 4.78 is 3.48.